The van der Waals surface area contributed by atoms with Gasteiger partial charge in [0, 0.05) is 90.3 Å². The van der Waals surface area contributed by atoms with Gasteiger partial charge in [0.25, 0.3) is 6.71 Å². The Hall–Kier alpha value is -9.86. The smallest absolute Gasteiger partial charge is 0.252 e. The maximum Gasteiger partial charge on any atom is 0.252 e. The van der Waals surface area contributed by atoms with E-state index in [2.05, 4.69) is 286 Å². The van der Waals surface area contributed by atoms with Crippen molar-refractivity contribution in [3.05, 3.63) is 242 Å². The number of anilines is 6. The van der Waals surface area contributed by atoms with Crippen LogP contribution in [-0.2, 0) is 10.8 Å². The molecule has 0 spiro atoms. The van der Waals surface area contributed by atoms with Crippen molar-refractivity contribution in [1.29, 1.82) is 0 Å². The lowest BCUT2D eigenvalue weighted by atomic mass is 9.33. The van der Waals surface area contributed by atoms with Gasteiger partial charge in [0.2, 0.25) is 0 Å². The summed E-state index contributed by atoms with van der Waals surface area (Å²) >= 11 is 3.82. The highest BCUT2D eigenvalue weighted by Crippen LogP contribution is 2.53. The molecule has 0 atom stereocenters. The summed E-state index contributed by atoms with van der Waals surface area (Å²) in [5.41, 5.74) is 22.3. The van der Waals surface area contributed by atoms with Crippen LogP contribution in [0, 0.1) is 0 Å². The van der Waals surface area contributed by atoms with Gasteiger partial charge < -0.3 is 23.2 Å². The van der Waals surface area contributed by atoms with Crippen LogP contribution in [0.5, 0.6) is 0 Å². The lowest BCUT2D eigenvalue weighted by Gasteiger charge is -2.44. The van der Waals surface area contributed by atoms with Gasteiger partial charge in [-0.05, 0) is 171 Å². The quantitative estimate of drug-likeness (QED) is 0.165. The molecule has 2 aliphatic rings. The minimum absolute atomic E-state index is 0.0259. The highest BCUT2D eigenvalue weighted by molar-refractivity contribution is 7.26. The fourth-order valence-corrected chi connectivity index (χ4v) is 17.3. The molecule has 12 aromatic carbocycles. The minimum Gasteiger partial charge on any atom is -0.456 e. The Kier molecular flexibility index (Phi) is 10.2. The van der Waals surface area contributed by atoms with E-state index in [1.807, 2.05) is 22.7 Å². The number of rotatable bonds is 4. The third kappa shape index (κ3) is 7.10. The number of furan rings is 2. The van der Waals surface area contributed by atoms with E-state index < -0.39 is 0 Å². The van der Waals surface area contributed by atoms with Crippen LogP contribution < -0.4 is 26.2 Å². The van der Waals surface area contributed by atoms with Crippen molar-refractivity contribution in [2.75, 3.05) is 9.80 Å². The topological polar surface area (TPSA) is 37.7 Å². The van der Waals surface area contributed by atoms with Crippen LogP contribution in [0.3, 0.4) is 0 Å². The largest absolute Gasteiger partial charge is 0.456 e. The van der Waals surface area contributed by atoms with Gasteiger partial charge in [-0.2, -0.15) is 0 Å². The molecule has 7 heterocycles. The molecule has 0 unspecified atom stereocenters. The number of aromatic nitrogens is 1. The van der Waals surface area contributed by atoms with E-state index in [-0.39, 0.29) is 17.5 Å². The molecule has 5 nitrogen and oxygen atoms in total. The Bertz CT molecular complexity index is 5610. The molecule has 0 saturated carbocycles. The monoisotopic (exact) mass is 1170 g/mol. The molecule has 8 heteroatoms. The first-order valence-corrected chi connectivity index (χ1v) is 32.2. The zero-order chi connectivity index (χ0) is 58.6. The molecule has 17 aromatic rings. The summed E-state index contributed by atoms with van der Waals surface area (Å²) in [7, 11) is 0. The number of thiophene rings is 2. The summed E-state index contributed by atoms with van der Waals surface area (Å²) in [6.45, 7) is 13.8. The van der Waals surface area contributed by atoms with Gasteiger partial charge in [0.1, 0.15) is 22.3 Å². The summed E-state index contributed by atoms with van der Waals surface area (Å²) in [5.74, 6) is 0. The van der Waals surface area contributed by atoms with Crippen LogP contribution in [0.25, 0.3) is 123 Å². The Labute approximate surface area is 516 Å². The summed E-state index contributed by atoms with van der Waals surface area (Å²) in [5, 5.41) is 11.9. The molecule has 2 aliphatic heterocycles. The average Bonchev–Trinajstić information content (AvgIpc) is 0.916. The molecular weight excluding hydrogens is 1110 g/mol. The summed E-state index contributed by atoms with van der Waals surface area (Å²) in [4.78, 5) is 5.25. The molecule has 0 saturated heterocycles. The van der Waals surface area contributed by atoms with Gasteiger partial charge >= 0.3 is 0 Å². The number of fused-ring (bicyclic) bond motifs is 19. The number of hydrogen-bond donors (Lipinski definition) is 0. The molecule has 418 valence electrons. The Morgan fingerprint density at radius 3 is 1.35 bits per heavy atom. The summed E-state index contributed by atoms with van der Waals surface area (Å²) in [6.07, 6.45) is 0. The normalized spacial score (nSPS) is 13.5. The third-order valence-electron chi connectivity index (χ3n) is 19.2. The molecule has 0 bridgehead atoms. The van der Waals surface area contributed by atoms with Gasteiger partial charge in [-0.25, -0.2) is 0 Å². The standard InChI is InChI=1S/C80H56BN3O2S2/c1-79(2,3)47-31-34-72-54(39-47)56-41-64-58(43-74(56)87-72)81-59-44-75-57(55-40-48(80(4,5)6)32-35-73(55)88-75)42-65(59)84(62-25-17-29-71-77(62)53-22-12-15-27-69(53)86-71)67-38-46(37-66(78(67)81)83(64)61-24-16-28-70-76(61)52-21-11-14-26-68(52)85-70)45-30-33-51-50-20-10-13-23-60(50)82(63(51)36-45)49-18-8-7-9-19-49/h7-44H,1-6H3. The van der Waals surface area contributed by atoms with E-state index in [9.17, 15) is 0 Å². The van der Waals surface area contributed by atoms with Crippen LogP contribution in [0.1, 0.15) is 52.7 Å². The molecule has 5 aromatic heterocycles. The average molecular weight is 1170 g/mol. The van der Waals surface area contributed by atoms with Crippen molar-refractivity contribution >= 4 is 186 Å². The maximum atomic E-state index is 6.84. The van der Waals surface area contributed by atoms with Gasteiger partial charge in [-0.3, -0.25) is 0 Å². The highest BCUT2D eigenvalue weighted by Gasteiger charge is 2.45. The first kappa shape index (κ1) is 50.3. The molecule has 0 aliphatic carbocycles. The zero-order valence-electron chi connectivity index (χ0n) is 49.5. The van der Waals surface area contributed by atoms with Gasteiger partial charge in [-0.1, -0.05) is 151 Å². The van der Waals surface area contributed by atoms with Gasteiger partial charge in [-0.15, -0.1) is 22.7 Å². The highest BCUT2D eigenvalue weighted by atomic mass is 32.1. The van der Waals surface area contributed by atoms with Gasteiger partial charge in [0.05, 0.1) is 33.2 Å². The van der Waals surface area contributed by atoms with E-state index in [0.717, 1.165) is 89.0 Å². The first-order valence-electron chi connectivity index (χ1n) is 30.6. The minimum atomic E-state index is -0.167. The molecule has 0 N–H and O–H groups in total. The fourth-order valence-electron chi connectivity index (χ4n) is 15.0. The Balaban J connectivity index is 0.993. The lowest BCUT2D eigenvalue weighted by molar-refractivity contribution is 0.591. The van der Waals surface area contributed by atoms with Crippen molar-refractivity contribution in [1.82, 2.24) is 4.57 Å². The van der Waals surface area contributed by atoms with E-state index in [0.29, 0.717) is 0 Å². The number of hydrogen-bond acceptors (Lipinski definition) is 6. The zero-order valence-corrected chi connectivity index (χ0v) is 51.1. The van der Waals surface area contributed by atoms with E-state index >= 15 is 0 Å². The van der Waals surface area contributed by atoms with E-state index in [1.54, 1.807) is 0 Å². The van der Waals surface area contributed by atoms with Crippen LogP contribution in [0.4, 0.5) is 34.1 Å². The Morgan fingerprint density at radius 1 is 0.330 bits per heavy atom. The molecular formula is C80H56BN3O2S2. The number of benzene rings is 12. The summed E-state index contributed by atoms with van der Waals surface area (Å²) in [6, 6.07) is 86.8. The second-order valence-electron chi connectivity index (χ2n) is 26.4. The maximum absolute atomic E-state index is 6.84. The van der Waals surface area contributed by atoms with Crippen molar-refractivity contribution in [3.63, 3.8) is 0 Å². The summed E-state index contributed by atoms with van der Waals surface area (Å²) < 4.78 is 21.3. The van der Waals surface area contributed by atoms with Crippen molar-refractivity contribution < 1.29 is 8.83 Å². The first-order chi connectivity index (χ1) is 42.9. The molecule has 19 rings (SSSR count). The van der Waals surface area contributed by atoms with Crippen LogP contribution in [0.2, 0.25) is 0 Å². The van der Waals surface area contributed by atoms with Crippen LogP contribution >= 0.6 is 22.7 Å². The predicted molar refractivity (Wildman–Crippen MR) is 378 cm³/mol. The molecule has 88 heavy (non-hydrogen) atoms. The SMILES string of the molecule is CC(C)(C)c1ccc2sc3cc4c(cc3c2c1)N(c1cccc2oc3ccccc3c12)c1cc(-c2ccc3c5ccccc5n(-c5ccccc5)c3c2)cc2c1B4c1cc3sc4ccc(C(C)(C)C)cc4c3cc1N2c1cccc2oc3ccccc3c12. The Morgan fingerprint density at radius 2 is 0.807 bits per heavy atom. The number of para-hydroxylation sites is 4. The predicted octanol–water partition coefficient (Wildman–Crippen LogP) is 21.7. The second-order valence-corrected chi connectivity index (χ2v) is 28.6. The molecule has 0 radical (unpaired) electrons. The molecule has 0 amide bonds. The van der Waals surface area contributed by atoms with E-state index in [4.69, 9.17) is 8.83 Å². The fraction of sp³-hybridized carbons (Fsp3) is 0.100. The van der Waals surface area contributed by atoms with Crippen molar-refractivity contribution in [3.8, 4) is 16.8 Å². The third-order valence-corrected chi connectivity index (χ3v) is 21.5. The number of nitrogens with zero attached hydrogens (tertiary/aromatic N) is 3. The lowest BCUT2D eigenvalue weighted by Crippen LogP contribution is -2.61. The van der Waals surface area contributed by atoms with Crippen LogP contribution in [-0.4, -0.2) is 11.3 Å². The van der Waals surface area contributed by atoms with Crippen LogP contribution in [0.15, 0.2) is 239 Å². The second kappa shape index (κ2) is 17.9. The van der Waals surface area contributed by atoms with Crippen molar-refractivity contribution in [2.24, 2.45) is 0 Å². The van der Waals surface area contributed by atoms with Gasteiger partial charge in [0.15, 0.2) is 0 Å². The van der Waals surface area contributed by atoms with Crippen molar-refractivity contribution in [2.45, 2.75) is 52.4 Å². The molecule has 0 fully saturated rings. The van der Waals surface area contributed by atoms with E-state index in [1.165, 1.54) is 95.5 Å².